The number of nitrogens with one attached hydrogen (secondary N) is 1. The molecule has 0 saturated carbocycles. The highest BCUT2D eigenvalue weighted by Gasteiger charge is 2.31. The van der Waals surface area contributed by atoms with Crippen molar-refractivity contribution >= 4 is 35.1 Å². The first-order valence-electron chi connectivity index (χ1n) is 8.77. The summed E-state index contributed by atoms with van der Waals surface area (Å²) in [5, 5.41) is 8.21. The van der Waals surface area contributed by atoms with Gasteiger partial charge in [0.15, 0.2) is 11.5 Å². The first kappa shape index (κ1) is 17.5. The van der Waals surface area contributed by atoms with Crippen molar-refractivity contribution in [3.63, 3.8) is 0 Å². The van der Waals surface area contributed by atoms with Crippen molar-refractivity contribution < 1.29 is 14.3 Å². The smallest absolute Gasteiger partial charge is 0.235 e. The van der Waals surface area contributed by atoms with Gasteiger partial charge in [-0.15, -0.1) is 11.8 Å². The van der Waals surface area contributed by atoms with Crippen LogP contribution in [0.1, 0.15) is 22.1 Å². The second kappa shape index (κ2) is 6.76. The van der Waals surface area contributed by atoms with E-state index >= 15 is 0 Å². The maximum Gasteiger partial charge on any atom is 0.235 e. The van der Waals surface area contributed by atoms with Crippen molar-refractivity contribution in [2.24, 2.45) is 0 Å². The van der Waals surface area contributed by atoms with Crippen molar-refractivity contribution in [1.82, 2.24) is 9.78 Å². The molecule has 5 rings (SSSR count). The van der Waals surface area contributed by atoms with E-state index in [1.165, 1.54) is 0 Å². The molecule has 0 radical (unpaired) electrons. The molecule has 2 aliphatic heterocycles. The van der Waals surface area contributed by atoms with Crippen LogP contribution in [0.4, 0.5) is 5.82 Å². The van der Waals surface area contributed by atoms with E-state index in [-0.39, 0.29) is 18.0 Å². The number of rotatable bonds is 2. The van der Waals surface area contributed by atoms with Crippen LogP contribution in [0.15, 0.2) is 42.5 Å². The fourth-order valence-corrected chi connectivity index (χ4v) is 4.91. The molecule has 0 spiro atoms. The van der Waals surface area contributed by atoms with Crippen molar-refractivity contribution in [1.29, 1.82) is 0 Å². The average Bonchev–Trinajstić information content (AvgIpc) is 3.22. The number of aryl methyl sites for hydroxylation is 1. The summed E-state index contributed by atoms with van der Waals surface area (Å²) in [5.74, 6) is 2.39. The quantitative estimate of drug-likeness (QED) is 0.677. The van der Waals surface area contributed by atoms with Crippen molar-refractivity contribution in [3.05, 3.63) is 64.3 Å². The molecule has 0 fully saturated rings. The predicted molar refractivity (Wildman–Crippen MR) is 109 cm³/mol. The van der Waals surface area contributed by atoms with Gasteiger partial charge in [-0.25, -0.2) is 4.68 Å². The molecule has 1 N–H and O–H groups in total. The number of carbonyl (C=O) groups excluding carboxylic acids is 1. The minimum absolute atomic E-state index is 0.0669. The molecule has 0 aliphatic carbocycles. The molecule has 8 heteroatoms. The molecule has 2 aliphatic rings. The SMILES string of the molecule is Cc1nn(-c2ccccc2Cl)c2c1[C@H](c1ccc3c(c1)OCO3)SCC(=O)N2. The van der Waals surface area contributed by atoms with Gasteiger partial charge >= 0.3 is 0 Å². The third-order valence-electron chi connectivity index (χ3n) is 4.79. The lowest BCUT2D eigenvalue weighted by Gasteiger charge is -2.16. The van der Waals surface area contributed by atoms with Gasteiger partial charge in [0.2, 0.25) is 12.7 Å². The maximum atomic E-state index is 12.4. The first-order valence-corrected chi connectivity index (χ1v) is 10.2. The highest BCUT2D eigenvalue weighted by atomic mass is 35.5. The van der Waals surface area contributed by atoms with E-state index in [1.54, 1.807) is 16.4 Å². The standard InChI is InChI=1S/C20H16ClN3O3S/c1-11-18-19(12-6-7-15-16(8-12)27-10-26-15)28-9-17(25)22-20(18)24(23-11)14-5-3-2-4-13(14)21/h2-8,19H,9-10H2,1H3,(H,22,25)/t19-/m0/s1. The van der Waals surface area contributed by atoms with Crippen LogP contribution in [-0.2, 0) is 4.79 Å². The number of aromatic nitrogens is 2. The molecule has 0 saturated heterocycles. The Morgan fingerprint density at radius 2 is 2.04 bits per heavy atom. The molecule has 0 bridgehead atoms. The Hall–Kier alpha value is -2.64. The number of fused-ring (bicyclic) bond motifs is 2. The van der Waals surface area contributed by atoms with E-state index < -0.39 is 0 Å². The number of benzene rings is 2. The lowest BCUT2D eigenvalue weighted by molar-refractivity contribution is -0.113. The zero-order chi connectivity index (χ0) is 19.3. The Morgan fingerprint density at radius 1 is 1.21 bits per heavy atom. The van der Waals surface area contributed by atoms with E-state index in [0.717, 1.165) is 34.0 Å². The summed E-state index contributed by atoms with van der Waals surface area (Å²) in [4.78, 5) is 12.4. The lowest BCUT2D eigenvalue weighted by atomic mass is 10.0. The van der Waals surface area contributed by atoms with Gasteiger partial charge in [-0.1, -0.05) is 29.8 Å². The fraction of sp³-hybridized carbons (Fsp3) is 0.200. The number of para-hydroxylation sites is 1. The van der Waals surface area contributed by atoms with Gasteiger partial charge < -0.3 is 14.8 Å². The maximum absolute atomic E-state index is 12.4. The van der Waals surface area contributed by atoms with Gasteiger partial charge in [0.25, 0.3) is 0 Å². The van der Waals surface area contributed by atoms with Crippen LogP contribution >= 0.6 is 23.4 Å². The van der Waals surface area contributed by atoms with Crippen LogP contribution in [0.3, 0.4) is 0 Å². The average molecular weight is 414 g/mol. The van der Waals surface area contributed by atoms with Crippen LogP contribution in [0.2, 0.25) is 5.02 Å². The topological polar surface area (TPSA) is 65.4 Å². The zero-order valence-corrected chi connectivity index (χ0v) is 16.5. The third-order valence-corrected chi connectivity index (χ3v) is 6.38. The van der Waals surface area contributed by atoms with Crippen LogP contribution in [0.5, 0.6) is 11.5 Å². The molecule has 0 unspecified atom stereocenters. The highest BCUT2D eigenvalue weighted by Crippen LogP contribution is 2.46. The summed E-state index contributed by atoms with van der Waals surface area (Å²) in [5.41, 5.74) is 3.57. The molecular formula is C20H16ClN3O3S. The third kappa shape index (κ3) is 2.82. The number of halogens is 1. The number of nitrogens with zero attached hydrogens (tertiary/aromatic N) is 2. The molecule has 1 aromatic heterocycles. The summed E-state index contributed by atoms with van der Waals surface area (Å²) in [6.07, 6.45) is 0. The second-order valence-corrected chi connectivity index (χ2v) is 8.06. The van der Waals surface area contributed by atoms with Crippen LogP contribution in [0, 0.1) is 6.92 Å². The molecule has 3 aromatic rings. The summed E-state index contributed by atoms with van der Waals surface area (Å²) < 4.78 is 12.7. The number of thioether (sulfide) groups is 1. The molecule has 142 valence electrons. The van der Waals surface area contributed by atoms with E-state index in [1.807, 2.05) is 49.4 Å². The Kier molecular flexibility index (Phi) is 4.21. The number of anilines is 1. The zero-order valence-electron chi connectivity index (χ0n) is 14.9. The van der Waals surface area contributed by atoms with Gasteiger partial charge in [0.05, 0.1) is 27.4 Å². The molecule has 3 heterocycles. The van der Waals surface area contributed by atoms with E-state index in [0.29, 0.717) is 16.6 Å². The first-order chi connectivity index (χ1) is 13.6. The van der Waals surface area contributed by atoms with E-state index in [9.17, 15) is 4.79 Å². The Bertz CT molecular complexity index is 1100. The summed E-state index contributed by atoms with van der Waals surface area (Å²) in [6.45, 7) is 2.18. The Balaban J connectivity index is 1.67. The predicted octanol–water partition coefficient (Wildman–Crippen LogP) is 4.34. The minimum atomic E-state index is -0.0697. The number of amides is 1. The van der Waals surface area contributed by atoms with Crippen molar-refractivity contribution in [3.8, 4) is 17.2 Å². The van der Waals surface area contributed by atoms with Crippen LogP contribution in [0.25, 0.3) is 5.69 Å². The largest absolute Gasteiger partial charge is 0.454 e. The number of ether oxygens (including phenoxy) is 2. The van der Waals surface area contributed by atoms with Gasteiger partial charge in [-0.3, -0.25) is 4.79 Å². The molecule has 28 heavy (non-hydrogen) atoms. The fourth-order valence-electron chi connectivity index (χ4n) is 3.52. The van der Waals surface area contributed by atoms with E-state index in [2.05, 4.69) is 5.32 Å². The summed E-state index contributed by atoms with van der Waals surface area (Å²) in [6, 6.07) is 13.4. The van der Waals surface area contributed by atoms with Gasteiger partial charge in [0, 0.05) is 5.56 Å². The number of hydrogen-bond acceptors (Lipinski definition) is 5. The van der Waals surface area contributed by atoms with Crippen molar-refractivity contribution in [2.75, 3.05) is 17.9 Å². The Morgan fingerprint density at radius 3 is 2.89 bits per heavy atom. The number of hydrogen-bond donors (Lipinski definition) is 1. The summed E-state index contributed by atoms with van der Waals surface area (Å²) >= 11 is 7.96. The van der Waals surface area contributed by atoms with Gasteiger partial charge in [0.1, 0.15) is 5.82 Å². The molecule has 1 atom stereocenters. The molecule has 2 aromatic carbocycles. The minimum Gasteiger partial charge on any atom is -0.454 e. The van der Waals surface area contributed by atoms with Crippen LogP contribution < -0.4 is 14.8 Å². The molecule has 6 nitrogen and oxygen atoms in total. The van der Waals surface area contributed by atoms with E-state index in [4.69, 9.17) is 26.2 Å². The summed E-state index contributed by atoms with van der Waals surface area (Å²) in [7, 11) is 0. The lowest BCUT2D eigenvalue weighted by Crippen LogP contribution is -2.16. The second-order valence-electron chi connectivity index (χ2n) is 6.56. The molecule has 1 amide bonds. The normalized spacial score (nSPS) is 17.8. The highest BCUT2D eigenvalue weighted by molar-refractivity contribution is 8.00. The van der Waals surface area contributed by atoms with Crippen LogP contribution in [-0.4, -0.2) is 28.2 Å². The monoisotopic (exact) mass is 413 g/mol. The number of carbonyl (C=O) groups is 1. The Labute approximate surface area is 170 Å². The molecular weight excluding hydrogens is 398 g/mol. The van der Waals surface area contributed by atoms with Gasteiger partial charge in [-0.2, -0.15) is 5.10 Å². The van der Waals surface area contributed by atoms with Crippen molar-refractivity contribution in [2.45, 2.75) is 12.2 Å². The van der Waals surface area contributed by atoms with Gasteiger partial charge in [-0.05, 0) is 36.8 Å².